The first-order chi connectivity index (χ1) is 13.6. The van der Waals surface area contributed by atoms with E-state index in [9.17, 15) is 4.79 Å². The minimum Gasteiger partial charge on any atom is -0.310 e. The van der Waals surface area contributed by atoms with Crippen LogP contribution in [0.2, 0.25) is 0 Å². The van der Waals surface area contributed by atoms with Crippen molar-refractivity contribution in [1.29, 1.82) is 0 Å². The Morgan fingerprint density at radius 2 is 2.14 bits per heavy atom. The van der Waals surface area contributed by atoms with E-state index < -0.39 is 0 Å². The molecule has 2 atom stereocenters. The summed E-state index contributed by atoms with van der Waals surface area (Å²) in [7, 11) is 0. The van der Waals surface area contributed by atoms with Crippen molar-refractivity contribution in [2.75, 3.05) is 5.32 Å². The van der Waals surface area contributed by atoms with E-state index in [1.807, 2.05) is 17.7 Å². The Balaban J connectivity index is 1.54. The number of rotatable bonds is 6. The Kier molecular flexibility index (Phi) is 5.68. The lowest BCUT2D eigenvalue weighted by molar-refractivity contribution is -0.115. The first-order valence-corrected chi connectivity index (χ1v) is 11.5. The summed E-state index contributed by atoms with van der Waals surface area (Å²) in [5, 5.41) is 9.19. The largest absolute Gasteiger partial charge is 0.310 e. The normalized spacial score (nSPS) is 16.0. The lowest BCUT2D eigenvalue weighted by Crippen LogP contribution is -2.25. The van der Waals surface area contributed by atoms with Gasteiger partial charge in [0.15, 0.2) is 0 Å². The van der Waals surface area contributed by atoms with Gasteiger partial charge in [-0.05, 0) is 51.5 Å². The van der Waals surface area contributed by atoms with Crippen LogP contribution in [-0.2, 0) is 17.6 Å². The van der Waals surface area contributed by atoms with Gasteiger partial charge in [0.1, 0.15) is 22.0 Å². The van der Waals surface area contributed by atoms with Crippen LogP contribution in [0.15, 0.2) is 23.6 Å². The first-order valence-electron chi connectivity index (χ1n) is 9.84. The minimum absolute atomic E-state index is 0.0362. The van der Waals surface area contributed by atoms with Crippen molar-refractivity contribution in [2.24, 2.45) is 0 Å². The van der Waals surface area contributed by atoms with Gasteiger partial charge < -0.3 is 5.32 Å². The number of hydrogen-bond acceptors (Lipinski definition) is 6. The Morgan fingerprint density at radius 3 is 2.96 bits per heavy atom. The number of nitrogens with one attached hydrogen (secondary N) is 1. The molecule has 0 aromatic carbocycles. The van der Waals surface area contributed by atoms with Crippen molar-refractivity contribution >= 4 is 45.0 Å². The molecule has 0 saturated heterocycles. The molecule has 6 nitrogen and oxygen atoms in total. The predicted molar refractivity (Wildman–Crippen MR) is 115 cm³/mol. The maximum atomic E-state index is 12.8. The van der Waals surface area contributed by atoms with E-state index in [4.69, 9.17) is 0 Å². The number of nitrogens with zero attached hydrogens (tertiary/aromatic N) is 4. The van der Waals surface area contributed by atoms with Crippen molar-refractivity contribution in [3.63, 3.8) is 0 Å². The standard InChI is InChI=1S/C20H25N5OS2/c1-4-12(2)25-16(9-10-23-25)24-18(26)13(3)27-19-17-14-7-5-6-8-15(14)28-20(17)22-11-21-19/h9-13H,4-8H2,1-3H3,(H,24,26)/t12-,13+/m0/s1. The second-order valence-electron chi connectivity index (χ2n) is 7.24. The van der Waals surface area contributed by atoms with E-state index in [0.717, 1.165) is 40.3 Å². The first kappa shape index (κ1) is 19.4. The summed E-state index contributed by atoms with van der Waals surface area (Å²) < 4.78 is 1.87. The monoisotopic (exact) mass is 415 g/mol. The number of aromatic nitrogens is 4. The highest BCUT2D eigenvalue weighted by Gasteiger charge is 2.23. The third-order valence-corrected chi connectivity index (χ3v) is 7.60. The summed E-state index contributed by atoms with van der Waals surface area (Å²) in [6.07, 6.45) is 8.99. The van der Waals surface area contributed by atoms with Gasteiger partial charge in [0.05, 0.1) is 17.5 Å². The third-order valence-electron chi connectivity index (χ3n) is 5.30. The number of amides is 1. The number of thioether (sulfide) groups is 1. The van der Waals surface area contributed by atoms with Gasteiger partial charge in [0, 0.05) is 16.3 Å². The van der Waals surface area contributed by atoms with Gasteiger partial charge in [0.2, 0.25) is 5.91 Å². The van der Waals surface area contributed by atoms with Crippen molar-refractivity contribution in [1.82, 2.24) is 19.7 Å². The molecule has 1 amide bonds. The van der Waals surface area contributed by atoms with Gasteiger partial charge in [0.25, 0.3) is 0 Å². The van der Waals surface area contributed by atoms with E-state index in [0.29, 0.717) is 0 Å². The molecule has 4 rings (SSSR count). The zero-order valence-electron chi connectivity index (χ0n) is 16.4. The zero-order chi connectivity index (χ0) is 19.7. The fourth-order valence-corrected chi connectivity index (χ4v) is 5.78. The zero-order valence-corrected chi connectivity index (χ0v) is 18.1. The maximum Gasteiger partial charge on any atom is 0.238 e. The van der Waals surface area contributed by atoms with Crippen molar-refractivity contribution < 1.29 is 4.79 Å². The fourth-order valence-electron chi connectivity index (χ4n) is 3.54. The molecule has 3 aromatic heterocycles. The molecule has 0 aliphatic heterocycles. The molecule has 0 unspecified atom stereocenters. The Hall–Kier alpha value is -1.93. The van der Waals surface area contributed by atoms with E-state index in [-0.39, 0.29) is 17.2 Å². The average molecular weight is 416 g/mol. The maximum absolute atomic E-state index is 12.8. The van der Waals surface area contributed by atoms with Crippen LogP contribution in [-0.4, -0.2) is 30.9 Å². The Morgan fingerprint density at radius 1 is 1.32 bits per heavy atom. The van der Waals surface area contributed by atoms with E-state index in [1.165, 1.54) is 35.0 Å². The molecule has 1 aliphatic rings. The summed E-state index contributed by atoms with van der Waals surface area (Å²) >= 11 is 3.30. The van der Waals surface area contributed by atoms with Crippen LogP contribution < -0.4 is 5.32 Å². The fraction of sp³-hybridized carbons (Fsp3) is 0.500. The number of thiophene rings is 1. The molecule has 0 bridgehead atoms. The van der Waals surface area contributed by atoms with Crippen molar-refractivity contribution in [3.8, 4) is 0 Å². The topological polar surface area (TPSA) is 72.7 Å². The molecule has 1 aliphatic carbocycles. The molecular formula is C20H25N5OS2. The summed E-state index contributed by atoms with van der Waals surface area (Å²) in [6.45, 7) is 6.13. The SMILES string of the molecule is CC[C@H](C)n1nccc1NC(=O)[C@@H](C)Sc1ncnc2sc3c(c12)CCCC3. The quantitative estimate of drug-likeness (QED) is 0.460. The number of anilines is 1. The smallest absolute Gasteiger partial charge is 0.238 e. The molecule has 3 heterocycles. The van der Waals surface area contributed by atoms with Crippen LogP contribution in [0.1, 0.15) is 56.5 Å². The van der Waals surface area contributed by atoms with Crippen LogP contribution >= 0.6 is 23.1 Å². The molecular weight excluding hydrogens is 390 g/mol. The highest BCUT2D eigenvalue weighted by atomic mass is 32.2. The average Bonchev–Trinajstić information content (AvgIpc) is 3.31. The van der Waals surface area contributed by atoms with Crippen LogP contribution in [0.5, 0.6) is 0 Å². The van der Waals surface area contributed by atoms with Crippen LogP contribution in [0.4, 0.5) is 5.82 Å². The summed E-state index contributed by atoms with van der Waals surface area (Å²) in [6, 6.07) is 2.09. The highest BCUT2D eigenvalue weighted by Crippen LogP contribution is 2.40. The van der Waals surface area contributed by atoms with Crippen LogP contribution in [0, 0.1) is 0 Å². The number of fused-ring (bicyclic) bond motifs is 3. The van der Waals surface area contributed by atoms with Crippen LogP contribution in [0.25, 0.3) is 10.2 Å². The molecule has 0 radical (unpaired) electrons. The second kappa shape index (κ2) is 8.21. The Bertz CT molecular complexity index is 996. The van der Waals surface area contributed by atoms with E-state index >= 15 is 0 Å². The lowest BCUT2D eigenvalue weighted by atomic mass is 9.97. The predicted octanol–water partition coefficient (Wildman–Crippen LogP) is 4.86. The molecule has 28 heavy (non-hydrogen) atoms. The molecule has 0 saturated carbocycles. The summed E-state index contributed by atoms with van der Waals surface area (Å²) in [5.41, 5.74) is 1.40. The summed E-state index contributed by atoms with van der Waals surface area (Å²) in [4.78, 5) is 24.3. The van der Waals surface area contributed by atoms with Gasteiger partial charge in [-0.2, -0.15) is 5.10 Å². The van der Waals surface area contributed by atoms with Crippen LogP contribution in [0.3, 0.4) is 0 Å². The second-order valence-corrected chi connectivity index (χ2v) is 9.65. The van der Waals surface area contributed by atoms with Gasteiger partial charge in [-0.1, -0.05) is 18.7 Å². The molecule has 8 heteroatoms. The minimum atomic E-state index is -0.266. The molecule has 1 N–H and O–H groups in total. The van der Waals surface area contributed by atoms with Gasteiger partial charge >= 0.3 is 0 Å². The lowest BCUT2D eigenvalue weighted by Gasteiger charge is -2.16. The van der Waals surface area contributed by atoms with Crippen molar-refractivity contribution in [2.45, 2.75) is 69.2 Å². The number of aryl methyl sites for hydroxylation is 2. The van der Waals surface area contributed by atoms with E-state index in [2.05, 4.69) is 34.2 Å². The summed E-state index contributed by atoms with van der Waals surface area (Å²) in [5.74, 6) is 0.707. The molecule has 0 spiro atoms. The van der Waals surface area contributed by atoms with Crippen molar-refractivity contribution in [3.05, 3.63) is 29.0 Å². The third kappa shape index (κ3) is 3.67. The Labute approximate surface area is 173 Å². The number of hydrogen-bond donors (Lipinski definition) is 1. The number of carbonyl (C=O) groups is 1. The molecule has 148 valence electrons. The highest BCUT2D eigenvalue weighted by molar-refractivity contribution is 8.00. The molecule has 0 fully saturated rings. The molecule has 3 aromatic rings. The van der Waals surface area contributed by atoms with Gasteiger partial charge in [-0.3, -0.25) is 4.79 Å². The number of carbonyl (C=O) groups excluding carboxylic acids is 1. The van der Waals surface area contributed by atoms with Gasteiger partial charge in [-0.15, -0.1) is 11.3 Å². The van der Waals surface area contributed by atoms with Gasteiger partial charge in [-0.25, -0.2) is 14.6 Å². The van der Waals surface area contributed by atoms with E-state index in [1.54, 1.807) is 23.9 Å².